The minimum absolute atomic E-state index is 0.276. The maximum absolute atomic E-state index is 13.5. The van der Waals surface area contributed by atoms with Crippen molar-refractivity contribution < 1.29 is 18.4 Å². The molecule has 0 unspecified atom stereocenters. The fourth-order valence-corrected chi connectivity index (χ4v) is 2.80. The molecule has 2 amide bonds. The number of amides is 2. The van der Waals surface area contributed by atoms with Crippen molar-refractivity contribution in [2.75, 3.05) is 13.1 Å². The Bertz CT molecular complexity index is 969. The Balaban J connectivity index is 1.40. The second-order valence-corrected chi connectivity index (χ2v) is 6.08. The molecule has 0 radical (unpaired) electrons. The zero-order valence-electron chi connectivity index (χ0n) is 14.5. The Kier molecular flexibility index (Phi) is 5.80. The normalized spacial score (nSPS) is 10.7. The number of rotatable bonds is 7. The summed E-state index contributed by atoms with van der Waals surface area (Å²) in [6.07, 6.45) is 2.73. The van der Waals surface area contributed by atoms with Gasteiger partial charge in [-0.3, -0.25) is 9.59 Å². The number of hydrogen-bond acceptors (Lipinski definition) is 2. The van der Waals surface area contributed by atoms with Crippen molar-refractivity contribution in [1.29, 1.82) is 0 Å². The maximum atomic E-state index is 13.5. The van der Waals surface area contributed by atoms with Gasteiger partial charge in [-0.05, 0) is 36.1 Å². The lowest BCUT2D eigenvalue weighted by Gasteiger charge is -2.09. The minimum Gasteiger partial charge on any atom is -0.355 e. The van der Waals surface area contributed by atoms with Crippen molar-refractivity contribution in [3.8, 4) is 0 Å². The largest absolute Gasteiger partial charge is 0.355 e. The first kappa shape index (κ1) is 18.6. The molecule has 0 aliphatic heterocycles. The van der Waals surface area contributed by atoms with Crippen LogP contribution in [0.3, 0.4) is 0 Å². The molecule has 2 N–H and O–H groups in total. The third-order valence-electron chi connectivity index (χ3n) is 4.16. The molecule has 140 valence electrons. The van der Waals surface area contributed by atoms with E-state index in [1.807, 2.05) is 36.5 Å². The highest BCUT2D eigenvalue weighted by atomic mass is 19.1. The average Bonchev–Trinajstić information content (AvgIpc) is 3.06. The van der Waals surface area contributed by atoms with E-state index in [4.69, 9.17) is 0 Å². The summed E-state index contributed by atoms with van der Waals surface area (Å²) in [4.78, 5) is 23.6. The fraction of sp³-hybridized carbons (Fsp3) is 0.200. The predicted octanol–water partition coefficient (Wildman–Crippen LogP) is 2.86. The lowest BCUT2D eigenvalue weighted by atomic mass is 10.2. The van der Waals surface area contributed by atoms with Gasteiger partial charge in [0.25, 0.3) is 5.91 Å². The Morgan fingerprint density at radius 3 is 2.63 bits per heavy atom. The number of nitrogens with zero attached hydrogens (tertiary/aromatic N) is 1. The predicted molar refractivity (Wildman–Crippen MR) is 98.3 cm³/mol. The first-order chi connectivity index (χ1) is 13.0. The Morgan fingerprint density at radius 2 is 1.81 bits per heavy atom. The van der Waals surface area contributed by atoms with Crippen LogP contribution >= 0.6 is 0 Å². The molecule has 0 bridgehead atoms. The van der Waals surface area contributed by atoms with Gasteiger partial charge < -0.3 is 15.2 Å². The quantitative estimate of drug-likeness (QED) is 0.628. The van der Waals surface area contributed by atoms with Crippen molar-refractivity contribution in [2.45, 2.75) is 13.0 Å². The molecule has 27 heavy (non-hydrogen) atoms. The van der Waals surface area contributed by atoms with Gasteiger partial charge >= 0.3 is 0 Å². The molecule has 0 saturated carbocycles. The molecule has 0 atom stereocenters. The van der Waals surface area contributed by atoms with Crippen LogP contribution in [0.4, 0.5) is 8.78 Å². The Morgan fingerprint density at radius 1 is 1.00 bits per heavy atom. The van der Waals surface area contributed by atoms with Crippen LogP contribution in [0.2, 0.25) is 0 Å². The van der Waals surface area contributed by atoms with Gasteiger partial charge in [0, 0.05) is 30.9 Å². The lowest BCUT2D eigenvalue weighted by Crippen LogP contribution is -2.37. The Labute approximate surface area is 155 Å². The number of fused-ring (bicyclic) bond motifs is 1. The van der Waals surface area contributed by atoms with Crippen molar-refractivity contribution in [3.05, 3.63) is 71.9 Å². The third-order valence-corrected chi connectivity index (χ3v) is 4.16. The molecular formula is C20H19F2N3O2. The number of halogens is 2. The van der Waals surface area contributed by atoms with Crippen LogP contribution in [0.25, 0.3) is 10.9 Å². The SMILES string of the molecule is O=C(CNC(=O)c1ccc(F)cc1F)NCCCn1ccc2ccccc21. The topological polar surface area (TPSA) is 63.1 Å². The van der Waals surface area contributed by atoms with E-state index in [0.29, 0.717) is 12.6 Å². The zero-order valence-corrected chi connectivity index (χ0v) is 14.5. The fourth-order valence-electron chi connectivity index (χ4n) is 2.80. The van der Waals surface area contributed by atoms with Gasteiger partial charge in [0.05, 0.1) is 12.1 Å². The van der Waals surface area contributed by atoms with Gasteiger partial charge in [0.2, 0.25) is 5.91 Å². The smallest absolute Gasteiger partial charge is 0.254 e. The summed E-state index contributed by atoms with van der Waals surface area (Å²) in [7, 11) is 0. The van der Waals surface area contributed by atoms with E-state index >= 15 is 0 Å². The van der Waals surface area contributed by atoms with Crippen molar-refractivity contribution in [3.63, 3.8) is 0 Å². The monoisotopic (exact) mass is 371 g/mol. The van der Waals surface area contributed by atoms with Gasteiger partial charge in [-0.2, -0.15) is 0 Å². The summed E-state index contributed by atoms with van der Waals surface area (Å²) in [5.41, 5.74) is 0.834. The molecule has 0 aliphatic rings. The van der Waals surface area contributed by atoms with Crippen LogP contribution in [0.15, 0.2) is 54.7 Å². The number of hydrogen-bond donors (Lipinski definition) is 2. The van der Waals surface area contributed by atoms with Crippen LogP contribution < -0.4 is 10.6 Å². The summed E-state index contributed by atoms with van der Waals surface area (Å²) in [5.74, 6) is -2.87. The summed E-state index contributed by atoms with van der Waals surface area (Å²) < 4.78 is 28.5. The molecule has 1 heterocycles. The van der Waals surface area contributed by atoms with Gasteiger partial charge in [0.1, 0.15) is 11.6 Å². The lowest BCUT2D eigenvalue weighted by molar-refractivity contribution is -0.120. The Hall–Kier alpha value is -3.22. The van der Waals surface area contributed by atoms with Crippen LogP contribution in [-0.4, -0.2) is 29.5 Å². The molecule has 2 aromatic carbocycles. The van der Waals surface area contributed by atoms with E-state index in [1.165, 1.54) is 0 Å². The second-order valence-electron chi connectivity index (χ2n) is 6.08. The van der Waals surface area contributed by atoms with E-state index in [9.17, 15) is 18.4 Å². The van der Waals surface area contributed by atoms with Crippen LogP contribution in [0.5, 0.6) is 0 Å². The average molecular weight is 371 g/mol. The maximum Gasteiger partial charge on any atom is 0.254 e. The number of carbonyl (C=O) groups excluding carboxylic acids is 2. The molecule has 3 rings (SSSR count). The summed E-state index contributed by atoms with van der Waals surface area (Å²) in [6, 6.07) is 12.7. The molecule has 3 aromatic rings. The van der Waals surface area contributed by atoms with Gasteiger partial charge in [-0.15, -0.1) is 0 Å². The molecule has 0 spiro atoms. The first-order valence-corrected chi connectivity index (χ1v) is 8.58. The molecule has 1 aromatic heterocycles. The number of para-hydroxylation sites is 1. The third kappa shape index (κ3) is 4.69. The molecule has 7 heteroatoms. The number of carbonyl (C=O) groups is 2. The van der Waals surface area contributed by atoms with Crippen molar-refractivity contribution in [2.24, 2.45) is 0 Å². The van der Waals surface area contributed by atoms with E-state index in [1.54, 1.807) is 0 Å². The molecule has 0 aliphatic carbocycles. The summed E-state index contributed by atoms with van der Waals surface area (Å²) in [5, 5.41) is 6.19. The van der Waals surface area contributed by atoms with Gasteiger partial charge in [-0.1, -0.05) is 18.2 Å². The molecule has 0 fully saturated rings. The zero-order chi connectivity index (χ0) is 19.2. The minimum atomic E-state index is -0.966. The highest BCUT2D eigenvalue weighted by molar-refractivity contribution is 5.96. The van der Waals surface area contributed by atoms with E-state index in [2.05, 4.69) is 15.2 Å². The van der Waals surface area contributed by atoms with Crippen LogP contribution in [0.1, 0.15) is 16.8 Å². The number of nitrogens with one attached hydrogen (secondary N) is 2. The van der Waals surface area contributed by atoms with E-state index < -0.39 is 17.5 Å². The number of benzene rings is 2. The highest BCUT2D eigenvalue weighted by Gasteiger charge is 2.13. The van der Waals surface area contributed by atoms with Gasteiger partial charge in [-0.25, -0.2) is 8.78 Å². The van der Waals surface area contributed by atoms with E-state index in [0.717, 1.165) is 36.0 Å². The standard InChI is InChI=1S/C20H19F2N3O2/c21-15-6-7-16(17(22)12-15)20(27)24-13-19(26)23-9-3-10-25-11-8-14-4-1-2-5-18(14)25/h1-2,4-8,11-12H,3,9-10,13H2,(H,23,26)(H,24,27). The molecular weight excluding hydrogens is 352 g/mol. The van der Waals surface area contributed by atoms with E-state index in [-0.39, 0.29) is 18.0 Å². The first-order valence-electron chi connectivity index (χ1n) is 8.58. The molecule has 0 saturated heterocycles. The number of aromatic nitrogens is 1. The second kappa shape index (κ2) is 8.44. The number of aryl methyl sites for hydroxylation is 1. The summed E-state index contributed by atoms with van der Waals surface area (Å²) >= 11 is 0. The van der Waals surface area contributed by atoms with Gasteiger partial charge in [0.15, 0.2) is 0 Å². The van der Waals surface area contributed by atoms with Crippen LogP contribution in [-0.2, 0) is 11.3 Å². The molecule has 5 nitrogen and oxygen atoms in total. The van der Waals surface area contributed by atoms with Crippen LogP contribution in [0, 0.1) is 11.6 Å². The highest BCUT2D eigenvalue weighted by Crippen LogP contribution is 2.15. The van der Waals surface area contributed by atoms with Crippen molar-refractivity contribution >= 4 is 22.7 Å². The summed E-state index contributed by atoms with van der Waals surface area (Å²) in [6.45, 7) is 0.926. The van der Waals surface area contributed by atoms with Crippen molar-refractivity contribution in [1.82, 2.24) is 15.2 Å².